The number of nitrogens with one attached hydrogen (secondary N) is 2. The van der Waals surface area contributed by atoms with Crippen LogP contribution in [-0.4, -0.2) is 41.8 Å². The molecule has 9 heteroatoms. The number of benzene rings is 2. The van der Waals surface area contributed by atoms with Gasteiger partial charge in [-0.3, -0.25) is 14.5 Å². The predicted octanol–water partition coefficient (Wildman–Crippen LogP) is 4.39. The normalized spacial score (nSPS) is 21.6. The summed E-state index contributed by atoms with van der Waals surface area (Å²) in [6.07, 6.45) is -0.268. The van der Waals surface area contributed by atoms with Gasteiger partial charge in [-0.25, -0.2) is 13.2 Å². The van der Waals surface area contributed by atoms with E-state index in [0.717, 1.165) is 0 Å². The van der Waals surface area contributed by atoms with Crippen LogP contribution >= 0.6 is 11.6 Å². The third-order valence-corrected chi connectivity index (χ3v) is 6.28. The van der Waals surface area contributed by atoms with Crippen LogP contribution < -0.4 is 10.6 Å². The summed E-state index contributed by atoms with van der Waals surface area (Å²) in [6, 6.07) is 11.1. The largest absolute Gasteiger partial charge is 0.351 e. The minimum absolute atomic E-state index is 0.268. The van der Waals surface area contributed by atoms with E-state index in [9.17, 15) is 22.8 Å². The van der Waals surface area contributed by atoms with Crippen LogP contribution in [0.4, 0.5) is 18.9 Å². The molecule has 1 aliphatic heterocycles. The van der Waals surface area contributed by atoms with Gasteiger partial charge < -0.3 is 10.6 Å². The fourth-order valence-electron chi connectivity index (χ4n) is 4.29. The average Bonchev–Trinajstić information content (AvgIpc) is 3.18. The number of rotatable bonds is 6. The zero-order valence-electron chi connectivity index (χ0n) is 17.2. The molecule has 2 N–H and O–H groups in total. The summed E-state index contributed by atoms with van der Waals surface area (Å²) in [5.41, 5.74) is 0.920. The first kappa shape index (κ1) is 22.6. The van der Waals surface area contributed by atoms with Crippen LogP contribution in [0.5, 0.6) is 0 Å². The molecule has 2 atom stereocenters. The lowest BCUT2D eigenvalue weighted by Crippen LogP contribution is -2.53. The molecule has 1 heterocycles. The van der Waals surface area contributed by atoms with Crippen LogP contribution in [0.2, 0.25) is 5.02 Å². The lowest BCUT2D eigenvalue weighted by Gasteiger charge is -2.37. The first-order valence-corrected chi connectivity index (χ1v) is 10.8. The van der Waals surface area contributed by atoms with E-state index >= 15 is 0 Å². The van der Waals surface area contributed by atoms with Gasteiger partial charge in [0, 0.05) is 42.7 Å². The van der Waals surface area contributed by atoms with Crippen LogP contribution in [0.1, 0.15) is 30.9 Å². The average molecular weight is 466 g/mol. The Hall–Kier alpha value is -2.58. The highest BCUT2D eigenvalue weighted by Gasteiger charge is 2.47. The lowest BCUT2D eigenvalue weighted by molar-refractivity contribution is -0.134. The maximum absolute atomic E-state index is 13.4. The smallest absolute Gasteiger partial charge is 0.252 e. The van der Waals surface area contributed by atoms with E-state index in [4.69, 9.17) is 11.6 Å². The number of hydrogen-bond donors (Lipinski definition) is 2. The highest BCUT2D eigenvalue weighted by atomic mass is 35.5. The number of likely N-dealkylation sites (tertiary alicyclic amines) is 1. The minimum atomic E-state index is -2.74. The number of halogens is 4. The molecule has 5 nitrogen and oxygen atoms in total. The third kappa shape index (κ3) is 5.07. The Labute approximate surface area is 188 Å². The summed E-state index contributed by atoms with van der Waals surface area (Å²) in [7, 11) is 0. The van der Waals surface area contributed by atoms with Gasteiger partial charge >= 0.3 is 0 Å². The summed E-state index contributed by atoms with van der Waals surface area (Å²) in [6.45, 7) is 0.733. The van der Waals surface area contributed by atoms with Gasteiger partial charge in [0.25, 0.3) is 5.92 Å². The molecule has 4 rings (SSSR count). The van der Waals surface area contributed by atoms with E-state index < -0.39 is 35.6 Å². The van der Waals surface area contributed by atoms with Gasteiger partial charge in [-0.15, -0.1) is 0 Å². The Kier molecular flexibility index (Phi) is 6.44. The quantitative estimate of drug-likeness (QED) is 0.665. The second-order valence-corrected chi connectivity index (χ2v) is 8.78. The molecule has 1 saturated heterocycles. The number of anilines is 1. The maximum Gasteiger partial charge on any atom is 0.252 e. The third-order valence-electron chi connectivity index (χ3n) is 5.93. The highest BCUT2D eigenvalue weighted by molar-refractivity contribution is 6.31. The van der Waals surface area contributed by atoms with Crippen molar-refractivity contribution in [1.82, 2.24) is 10.2 Å². The molecular weight excluding hydrogens is 443 g/mol. The summed E-state index contributed by atoms with van der Waals surface area (Å²) in [5, 5.41) is 5.80. The summed E-state index contributed by atoms with van der Waals surface area (Å²) in [4.78, 5) is 27.6. The Morgan fingerprint density at radius 1 is 1.12 bits per heavy atom. The second kappa shape index (κ2) is 9.11. The summed E-state index contributed by atoms with van der Waals surface area (Å²) < 4.78 is 39.8. The minimum Gasteiger partial charge on any atom is -0.351 e. The van der Waals surface area contributed by atoms with Gasteiger partial charge in [0.15, 0.2) is 0 Å². The fraction of sp³-hybridized carbons (Fsp3) is 0.391. The molecule has 2 amide bonds. The number of hydrogen-bond acceptors (Lipinski definition) is 3. The van der Waals surface area contributed by atoms with Gasteiger partial charge in [-0.05, 0) is 36.2 Å². The zero-order valence-corrected chi connectivity index (χ0v) is 17.9. The van der Waals surface area contributed by atoms with Crippen LogP contribution in [0.3, 0.4) is 0 Å². The van der Waals surface area contributed by atoms with E-state index in [0.29, 0.717) is 29.2 Å². The second-order valence-electron chi connectivity index (χ2n) is 8.37. The van der Waals surface area contributed by atoms with E-state index in [1.165, 1.54) is 18.2 Å². The van der Waals surface area contributed by atoms with Crippen molar-refractivity contribution in [1.29, 1.82) is 0 Å². The summed E-state index contributed by atoms with van der Waals surface area (Å²) >= 11 is 6.35. The van der Waals surface area contributed by atoms with Crippen molar-refractivity contribution in [2.24, 2.45) is 5.92 Å². The molecule has 32 heavy (non-hydrogen) atoms. The van der Waals surface area contributed by atoms with Crippen molar-refractivity contribution in [2.45, 2.75) is 37.3 Å². The molecule has 0 bridgehead atoms. The zero-order chi connectivity index (χ0) is 22.9. The van der Waals surface area contributed by atoms with Gasteiger partial charge in [0.05, 0.1) is 5.92 Å². The van der Waals surface area contributed by atoms with Crippen LogP contribution in [0, 0.1) is 11.7 Å². The van der Waals surface area contributed by atoms with Gasteiger partial charge in [0.2, 0.25) is 11.8 Å². The van der Waals surface area contributed by atoms with Crippen molar-refractivity contribution < 1.29 is 22.8 Å². The van der Waals surface area contributed by atoms with Crippen molar-refractivity contribution in [2.75, 3.05) is 18.4 Å². The topological polar surface area (TPSA) is 61.4 Å². The Bertz CT molecular complexity index is 1010. The van der Waals surface area contributed by atoms with Crippen LogP contribution in [-0.2, 0) is 9.59 Å². The molecule has 0 spiro atoms. The first-order chi connectivity index (χ1) is 15.2. The molecule has 2 aromatic carbocycles. The SMILES string of the molecule is O=C(Nc1cccc(F)c1)C1CCN([C@H](C(=O)NC2CC(F)(F)C2)c2ccccc2Cl)C1. The lowest BCUT2D eigenvalue weighted by atomic mass is 9.88. The molecule has 0 aromatic heterocycles. The molecule has 2 fully saturated rings. The molecule has 2 aliphatic rings. The number of carbonyl (C=O) groups is 2. The van der Waals surface area contributed by atoms with Crippen LogP contribution in [0.25, 0.3) is 0 Å². The molecule has 1 unspecified atom stereocenters. The van der Waals surface area contributed by atoms with E-state index in [-0.39, 0.29) is 25.3 Å². The van der Waals surface area contributed by atoms with Gasteiger partial charge in [0.1, 0.15) is 11.9 Å². The Morgan fingerprint density at radius 3 is 2.56 bits per heavy atom. The molecular formula is C23H23ClF3N3O2. The van der Waals surface area contributed by atoms with E-state index in [1.54, 1.807) is 30.3 Å². The maximum atomic E-state index is 13.4. The molecule has 1 saturated carbocycles. The van der Waals surface area contributed by atoms with Crippen molar-refractivity contribution >= 4 is 29.1 Å². The monoisotopic (exact) mass is 465 g/mol. The predicted molar refractivity (Wildman–Crippen MR) is 115 cm³/mol. The number of nitrogens with zero attached hydrogens (tertiary/aromatic N) is 1. The highest BCUT2D eigenvalue weighted by Crippen LogP contribution is 2.38. The molecule has 1 aliphatic carbocycles. The number of amides is 2. The molecule has 170 valence electrons. The van der Waals surface area contributed by atoms with E-state index in [1.807, 2.05) is 4.90 Å². The van der Waals surface area contributed by atoms with Crippen molar-refractivity contribution in [3.8, 4) is 0 Å². The van der Waals surface area contributed by atoms with Gasteiger partial charge in [-0.2, -0.15) is 0 Å². The van der Waals surface area contributed by atoms with Crippen molar-refractivity contribution in [3.05, 3.63) is 64.9 Å². The van der Waals surface area contributed by atoms with Crippen molar-refractivity contribution in [3.63, 3.8) is 0 Å². The molecule has 0 radical (unpaired) electrons. The fourth-order valence-corrected chi connectivity index (χ4v) is 4.53. The summed E-state index contributed by atoms with van der Waals surface area (Å²) in [5.74, 6) is -4.29. The Balaban J connectivity index is 1.47. The molecule has 2 aromatic rings. The standard InChI is InChI=1S/C23H23ClF3N3O2/c24-19-7-2-1-6-18(19)20(22(32)29-17-11-23(26,27)12-17)30-9-8-14(13-30)21(31)28-16-5-3-4-15(25)10-16/h1-7,10,14,17,20H,8-9,11-13H2,(H,28,31)(H,29,32)/t14?,20-/m0/s1. The number of carbonyl (C=O) groups excluding carboxylic acids is 2. The van der Waals surface area contributed by atoms with Crippen LogP contribution in [0.15, 0.2) is 48.5 Å². The Morgan fingerprint density at radius 2 is 1.88 bits per heavy atom. The van der Waals surface area contributed by atoms with E-state index in [2.05, 4.69) is 10.6 Å². The van der Waals surface area contributed by atoms with Gasteiger partial charge in [-0.1, -0.05) is 35.9 Å². The number of alkyl halides is 2. The first-order valence-electron chi connectivity index (χ1n) is 10.4.